The fourth-order valence-electron chi connectivity index (χ4n) is 0.950. The molecule has 0 aliphatic heterocycles. The maximum atomic E-state index is 10.8. The number of carbonyl (C=O) groups is 1. The molecule has 0 heterocycles. The van der Waals surface area contributed by atoms with E-state index < -0.39 is 0 Å². The minimum atomic E-state index is -0.191. The van der Waals surface area contributed by atoms with Gasteiger partial charge in [0.25, 0.3) is 0 Å². The molecular formula is C10H12N2O. The van der Waals surface area contributed by atoms with Gasteiger partial charge in [0.05, 0.1) is 0 Å². The molecule has 0 aliphatic rings. The Balaban J connectivity index is 2.59. The molecule has 1 aromatic rings. The highest BCUT2D eigenvalue weighted by molar-refractivity contribution is 5.86. The van der Waals surface area contributed by atoms with Crippen LogP contribution in [0.3, 0.4) is 0 Å². The van der Waals surface area contributed by atoms with Gasteiger partial charge in [0.1, 0.15) is 0 Å². The molecule has 3 nitrogen and oxygen atoms in total. The van der Waals surface area contributed by atoms with Gasteiger partial charge in [-0.3, -0.25) is 4.79 Å². The first kappa shape index (κ1) is 9.32. The number of anilines is 1. The number of para-hydroxylation sites is 1. The molecule has 1 amide bonds. The van der Waals surface area contributed by atoms with Gasteiger partial charge in [-0.2, -0.15) is 0 Å². The second-order valence-corrected chi connectivity index (χ2v) is 2.62. The lowest BCUT2D eigenvalue weighted by atomic mass is 10.2. The summed E-state index contributed by atoms with van der Waals surface area (Å²) in [7, 11) is 0. The van der Waals surface area contributed by atoms with E-state index in [0.717, 1.165) is 5.56 Å². The molecule has 0 saturated heterocycles. The number of nitrogens with one attached hydrogen (secondary N) is 1. The average Bonchev–Trinajstić information content (AvgIpc) is 2.16. The smallest absolute Gasteiger partial charge is 0.243 e. The standard InChI is InChI=1S/C10H12N2O/c1-2-10(13)12-7-8-5-3-4-6-9(8)11/h2-6H,1,7,11H2,(H,12,13). The van der Waals surface area contributed by atoms with Gasteiger partial charge in [0, 0.05) is 12.2 Å². The summed E-state index contributed by atoms with van der Waals surface area (Å²) in [5.41, 5.74) is 7.27. The predicted octanol–water partition coefficient (Wildman–Crippen LogP) is 1.07. The van der Waals surface area contributed by atoms with Gasteiger partial charge in [0.15, 0.2) is 0 Å². The second-order valence-electron chi connectivity index (χ2n) is 2.62. The molecule has 0 bridgehead atoms. The van der Waals surface area contributed by atoms with E-state index in [9.17, 15) is 4.79 Å². The Morgan fingerprint density at radius 1 is 1.54 bits per heavy atom. The maximum absolute atomic E-state index is 10.8. The van der Waals surface area contributed by atoms with Crippen molar-refractivity contribution >= 4 is 11.6 Å². The van der Waals surface area contributed by atoms with E-state index in [4.69, 9.17) is 5.73 Å². The summed E-state index contributed by atoms with van der Waals surface area (Å²) in [5, 5.41) is 2.65. The van der Waals surface area contributed by atoms with E-state index in [1.54, 1.807) is 6.07 Å². The van der Waals surface area contributed by atoms with Gasteiger partial charge in [-0.1, -0.05) is 24.8 Å². The predicted molar refractivity (Wildman–Crippen MR) is 52.9 cm³/mol. The van der Waals surface area contributed by atoms with Crippen LogP contribution in [-0.2, 0) is 11.3 Å². The molecule has 0 saturated carbocycles. The summed E-state index contributed by atoms with van der Waals surface area (Å²) < 4.78 is 0. The summed E-state index contributed by atoms with van der Waals surface area (Å²) >= 11 is 0. The van der Waals surface area contributed by atoms with Crippen molar-refractivity contribution in [1.29, 1.82) is 0 Å². The zero-order chi connectivity index (χ0) is 9.68. The summed E-state index contributed by atoms with van der Waals surface area (Å²) in [6.07, 6.45) is 1.24. The van der Waals surface area contributed by atoms with Crippen molar-refractivity contribution < 1.29 is 4.79 Å². The molecule has 0 aliphatic carbocycles. The Hall–Kier alpha value is -1.77. The molecule has 1 aromatic carbocycles. The van der Waals surface area contributed by atoms with Crippen molar-refractivity contribution in [2.45, 2.75) is 6.54 Å². The van der Waals surface area contributed by atoms with Crippen molar-refractivity contribution in [3.8, 4) is 0 Å². The highest BCUT2D eigenvalue weighted by Crippen LogP contribution is 2.09. The SMILES string of the molecule is C=CC(=O)NCc1ccccc1N. The van der Waals surface area contributed by atoms with Crippen LogP contribution in [0.2, 0.25) is 0 Å². The third-order valence-corrected chi connectivity index (χ3v) is 1.69. The maximum Gasteiger partial charge on any atom is 0.243 e. The van der Waals surface area contributed by atoms with Crippen LogP contribution in [0, 0.1) is 0 Å². The molecule has 0 radical (unpaired) electrons. The van der Waals surface area contributed by atoms with Crippen LogP contribution in [0.15, 0.2) is 36.9 Å². The third kappa shape index (κ3) is 2.63. The van der Waals surface area contributed by atoms with Crippen LogP contribution in [0.25, 0.3) is 0 Å². The van der Waals surface area contributed by atoms with Crippen molar-refractivity contribution in [1.82, 2.24) is 5.32 Å². The van der Waals surface area contributed by atoms with E-state index in [-0.39, 0.29) is 5.91 Å². The fraction of sp³-hybridized carbons (Fsp3) is 0.100. The van der Waals surface area contributed by atoms with Crippen LogP contribution >= 0.6 is 0 Å². The zero-order valence-electron chi connectivity index (χ0n) is 7.29. The van der Waals surface area contributed by atoms with E-state index in [1.165, 1.54) is 6.08 Å². The molecule has 3 N–H and O–H groups in total. The molecule has 1 rings (SSSR count). The van der Waals surface area contributed by atoms with Crippen molar-refractivity contribution in [2.75, 3.05) is 5.73 Å². The molecule has 3 heteroatoms. The lowest BCUT2D eigenvalue weighted by molar-refractivity contribution is -0.116. The van der Waals surface area contributed by atoms with Crippen LogP contribution in [0.4, 0.5) is 5.69 Å². The first-order valence-electron chi connectivity index (χ1n) is 3.97. The Kier molecular flexibility index (Phi) is 3.09. The van der Waals surface area contributed by atoms with Gasteiger partial charge in [-0.25, -0.2) is 0 Å². The largest absolute Gasteiger partial charge is 0.398 e. The Labute approximate surface area is 77.3 Å². The fourth-order valence-corrected chi connectivity index (χ4v) is 0.950. The lowest BCUT2D eigenvalue weighted by Gasteiger charge is -2.04. The van der Waals surface area contributed by atoms with Crippen molar-refractivity contribution in [3.63, 3.8) is 0 Å². The molecule has 0 fully saturated rings. The normalized spacial score (nSPS) is 9.23. The Bertz CT molecular complexity index is 320. The molecule has 0 atom stereocenters. The van der Waals surface area contributed by atoms with E-state index >= 15 is 0 Å². The average molecular weight is 176 g/mol. The van der Waals surface area contributed by atoms with E-state index in [2.05, 4.69) is 11.9 Å². The number of hydrogen-bond donors (Lipinski definition) is 2. The van der Waals surface area contributed by atoms with Gasteiger partial charge in [-0.05, 0) is 17.7 Å². The Morgan fingerprint density at radius 2 is 2.23 bits per heavy atom. The summed E-state index contributed by atoms with van der Waals surface area (Å²) in [6, 6.07) is 7.41. The molecule has 0 aromatic heterocycles. The number of hydrogen-bond acceptors (Lipinski definition) is 2. The molecule has 0 spiro atoms. The van der Waals surface area contributed by atoms with Gasteiger partial charge >= 0.3 is 0 Å². The number of nitrogens with two attached hydrogens (primary N) is 1. The number of rotatable bonds is 3. The first-order valence-corrected chi connectivity index (χ1v) is 3.97. The highest BCUT2D eigenvalue weighted by atomic mass is 16.1. The van der Waals surface area contributed by atoms with Gasteiger partial charge < -0.3 is 11.1 Å². The molecule has 68 valence electrons. The monoisotopic (exact) mass is 176 g/mol. The highest BCUT2D eigenvalue weighted by Gasteiger charge is 1.98. The van der Waals surface area contributed by atoms with Crippen LogP contribution < -0.4 is 11.1 Å². The van der Waals surface area contributed by atoms with E-state index in [1.807, 2.05) is 18.2 Å². The summed E-state index contributed by atoms with van der Waals surface area (Å²) in [4.78, 5) is 10.8. The van der Waals surface area contributed by atoms with Crippen LogP contribution in [0.5, 0.6) is 0 Å². The lowest BCUT2D eigenvalue weighted by Crippen LogP contribution is -2.20. The zero-order valence-corrected chi connectivity index (χ0v) is 7.29. The second kappa shape index (κ2) is 4.30. The molecule has 13 heavy (non-hydrogen) atoms. The number of nitrogen functional groups attached to an aromatic ring is 1. The van der Waals surface area contributed by atoms with Crippen LogP contribution in [-0.4, -0.2) is 5.91 Å². The first-order chi connectivity index (χ1) is 6.24. The summed E-state index contributed by atoms with van der Waals surface area (Å²) in [5.74, 6) is -0.191. The topological polar surface area (TPSA) is 55.1 Å². The van der Waals surface area contributed by atoms with Gasteiger partial charge in [0.2, 0.25) is 5.91 Å². The quantitative estimate of drug-likeness (QED) is 0.534. The molecular weight excluding hydrogens is 164 g/mol. The minimum Gasteiger partial charge on any atom is -0.398 e. The Morgan fingerprint density at radius 3 is 2.85 bits per heavy atom. The van der Waals surface area contributed by atoms with Crippen molar-refractivity contribution in [2.24, 2.45) is 0 Å². The number of amides is 1. The summed E-state index contributed by atoms with van der Waals surface area (Å²) in [6.45, 7) is 3.79. The minimum absolute atomic E-state index is 0.191. The van der Waals surface area contributed by atoms with Gasteiger partial charge in [-0.15, -0.1) is 0 Å². The van der Waals surface area contributed by atoms with E-state index in [0.29, 0.717) is 12.2 Å². The number of benzene rings is 1. The van der Waals surface area contributed by atoms with Crippen molar-refractivity contribution in [3.05, 3.63) is 42.5 Å². The third-order valence-electron chi connectivity index (χ3n) is 1.69. The number of carbonyl (C=O) groups excluding carboxylic acids is 1. The molecule has 0 unspecified atom stereocenters. The van der Waals surface area contributed by atoms with Crippen LogP contribution in [0.1, 0.15) is 5.56 Å².